The summed E-state index contributed by atoms with van der Waals surface area (Å²) >= 11 is 0. The molecule has 1 rings (SSSR count). The van der Waals surface area contributed by atoms with Crippen LogP contribution in [0, 0.1) is 29.1 Å². The van der Waals surface area contributed by atoms with Crippen molar-refractivity contribution < 1.29 is 19.8 Å². The van der Waals surface area contributed by atoms with Crippen LogP contribution in [0.3, 0.4) is 0 Å². The van der Waals surface area contributed by atoms with Gasteiger partial charge in [-0.25, -0.2) is 0 Å². The van der Waals surface area contributed by atoms with E-state index in [0.29, 0.717) is 31.6 Å². The van der Waals surface area contributed by atoms with E-state index in [9.17, 15) is 19.8 Å². The number of aliphatic carboxylic acids is 2. The minimum absolute atomic E-state index is 0.00283. The zero-order valence-corrected chi connectivity index (χ0v) is 20.1. The van der Waals surface area contributed by atoms with Gasteiger partial charge >= 0.3 is 11.9 Å². The molecule has 4 heteroatoms. The molecule has 0 aromatic rings. The molecule has 4 nitrogen and oxygen atoms in total. The van der Waals surface area contributed by atoms with E-state index < -0.39 is 17.4 Å². The molecule has 0 aromatic heterocycles. The summed E-state index contributed by atoms with van der Waals surface area (Å²) in [4.78, 5) is 24.0. The summed E-state index contributed by atoms with van der Waals surface area (Å²) in [6.07, 6.45) is 15.0. The van der Waals surface area contributed by atoms with Gasteiger partial charge in [0.2, 0.25) is 0 Å². The maximum Gasteiger partial charge on any atom is 0.309 e. The summed E-state index contributed by atoms with van der Waals surface area (Å²) in [5.74, 6) is -0.431. The third-order valence-corrected chi connectivity index (χ3v) is 7.30. The van der Waals surface area contributed by atoms with Crippen LogP contribution in [0.1, 0.15) is 124 Å². The topological polar surface area (TPSA) is 74.6 Å². The lowest BCUT2D eigenvalue weighted by atomic mass is 9.59. The molecule has 30 heavy (non-hydrogen) atoms. The van der Waals surface area contributed by atoms with E-state index in [0.717, 1.165) is 38.0 Å². The van der Waals surface area contributed by atoms with Crippen LogP contribution in [0.5, 0.6) is 0 Å². The number of unbranched alkanes of at least 4 members (excludes halogenated alkanes) is 6. The SMILES string of the molecule is CC(C)CCCCCCCCCC1CC(C(=O)O)CCC1(CCCC(C)C)C(=O)O. The molecule has 1 saturated carbocycles. The lowest BCUT2D eigenvalue weighted by Crippen LogP contribution is -2.44. The predicted octanol–water partition coefficient (Wildman–Crippen LogP) is 7.55. The number of hydrogen-bond donors (Lipinski definition) is 2. The summed E-state index contributed by atoms with van der Waals surface area (Å²) in [7, 11) is 0. The summed E-state index contributed by atoms with van der Waals surface area (Å²) in [5, 5.41) is 19.7. The molecule has 0 aliphatic heterocycles. The predicted molar refractivity (Wildman–Crippen MR) is 124 cm³/mol. The highest BCUT2D eigenvalue weighted by molar-refractivity contribution is 5.76. The summed E-state index contributed by atoms with van der Waals surface area (Å²) in [6, 6.07) is 0. The number of carboxylic acids is 2. The van der Waals surface area contributed by atoms with Crippen LogP contribution in [0.25, 0.3) is 0 Å². The molecule has 3 atom stereocenters. The van der Waals surface area contributed by atoms with Gasteiger partial charge in [0, 0.05) is 0 Å². The average Bonchev–Trinajstić information content (AvgIpc) is 2.66. The monoisotopic (exact) mass is 424 g/mol. The molecule has 1 aliphatic carbocycles. The van der Waals surface area contributed by atoms with Crippen LogP contribution < -0.4 is 0 Å². The molecule has 1 aliphatic rings. The van der Waals surface area contributed by atoms with E-state index >= 15 is 0 Å². The molecule has 0 radical (unpaired) electrons. The van der Waals surface area contributed by atoms with Gasteiger partial charge in [-0.15, -0.1) is 0 Å². The van der Waals surface area contributed by atoms with Gasteiger partial charge in [-0.2, -0.15) is 0 Å². The Morgan fingerprint density at radius 2 is 1.37 bits per heavy atom. The van der Waals surface area contributed by atoms with Crippen LogP contribution >= 0.6 is 0 Å². The lowest BCUT2D eigenvalue weighted by molar-refractivity contribution is -0.161. The maximum atomic E-state index is 12.4. The first-order valence-electron chi connectivity index (χ1n) is 12.6. The molecule has 1 fully saturated rings. The number of rotatable bonds is 16. The van der Waals surface area contributed by atoms with E-state index in [1.165, 1.54) is 38.5 Å². The number of carboxylic acid groups (broad SMARTS) is 2. The molecule has 3 unspecified atom stereocenters. The van der Waals surface area contributed by atoms with Crippen LogP contribution in [-0.2, 0) is 9.59 Å². The van der Waals surface area contributed by atoms with Crippen LogP contribution in [-0.4, -0.2) is 22.2 Å². The fraction of sp³-hybridized carbons (Fsp3) is 0.923. The van der Waals surface area contributed by atoms with Gasteiger partial charge in [-0.05, 0) is 49.9 Å². The molecule has 0 aromatic carbocycles. The number of carbonyl (C=O) groups is 2. The quantitative estimate of drug-likeness (QED) is 0.251. The Balaban J connectivity index is 2.53. The second-order valence-electron chi connectivity index (χ2n) is 10.7. The highest BCUT2D eigenvalue weighted by atomic mass is 16.4. The van der Waals surface area contributed by atoms with E-state index in [4.69, 9.17) is 0 Å². The summed E-state index contributed by atoms with van der Waals surface area (Å²) in [6.45, 7) is 8.91. The van der Waals surface area contributed by atoms with Gasteiger partial charge in [0.05, 0.1) is 11.3 Å². The van der Waals surface area contributed by atoms with Gasteiger partial charge in [0.15, 0.2) is 0 Å². The highest BCUT2D eigenvalue weighted by Gasteiger charge is 2.49. The summed E-state index contributed by atoms with van der Waals surface area (Å²) < 4.78 is 0. The summed E-state index contributed by atoms with van der Waals surface area (Å²) in [5.41, 5.74) is -0.711. The van der Waals surface area contributed by atoms with Crippen molar-refractivity contribution >= 4 is 11.9 Å². The van der Waals surface area contributed by atoms with Gasteiger partial charge in [0.25, 0.3) is 0 Å². The van der Waals surface area contributed by atoms with E-state index in [1.54, 1.807) is 0 Å². The zero-order valence-electron chi connectivity index (χ0n) is 20.1. The minimum Gasteiger partial charge on any atom is -0.481 e. The largest absolute Gasteiger partial charge is 0.481 e. The van der Waals surface area contributed by atoms with Crippen molar-refractivity contribution in [2.75, 3.05) is 0 Å². The lowest BCUT2D eigenvalue weighted by Gasteiger charge is -2.43. The average molecular weight is 425 g/mol. The van der Waals surface area contributed by atoms with Crippen molar-refractivity contribution in [1.82, 2.24) is 0 Å². The molecule has 0 bridgehead atoms. The van der Waals surface area contributed by atoms with Crippen molar-refractivity contribution in [3.8, 4) is 0 Å². The highest BCUT2D eigenvalue weighted by Crippen LogP contribution is 2.49. The fourth-order valence-corrected chi connectivity index (χ4v) is 5.31. The Hall–Kier alpha value is -1.06. The first-order valence-corrected chi connectivity index (χ1v) is 12.6. The van der Waals surface area contributed by atoms with Crippen LogP contribution in [0.4, 0.5) is 0 Å². The van der Waals surface area contributed by atoms with Crippen molar-refractivity contribution in [3.63, 3.8) is 0 Å². The van der Waals surface area contributed by atoms with Crippen molar-refractivity contribution in [3.05, 3.63) is 0 Å². The van der Waals surface area contributed by atoms with Crippen LogP contribution in [0.2, 0.25) is 0 Å². The first-order chi connectivity index (χ1) is 14.2. The molecule has 0 amide bonds. The molecular formula is C26H48O4. The maximum absolute atomic E-state index is 12.4. The van der Waals surface area contributed by atoms with Crippen molar-refractivity contribution in [1.29, 1.82) is 0 Å². The third-order valence-electron chi connectivity index (χ3n) is 7.30. The fourth-order valence-electron chi connectivity index (χ4n) is 5.31. The van der Waals surface area contributed by atoms with Crippen LogP contribution in [0.15, 0.2) is 0 Å². The zero-order chi connectivity index (χ0) is 22.6. The molecule has 0 heterocycles. The second-order valence-corrected chi connectivity index (χ2v) is 10.7. The molecular weight excluding hydrogens is 376 g/mol. The normalized spacial score (nSPS) is 24.5. The Labute approximate surface area is 185 Å². The Kier molecular flexibility index (Phi) is 12.7. The molecule has 0 spiro atoms. The third kappa shape index (κ3) is 9.39. The van der Waals surface area contributed by atoms with Crippen molar-refractivity contribution in [2.24, 2.45) is 29.1 Å². The molecule has 0 saturated heterocycles. The second kappa shape index (κ2) is 14.1. The number of hydrogen-bond acceptors (Lipinski definition) is 2. The minimum atomic E-state index is -0.748. The van der Waals surface area contributed by atoms with Gasteiger partial charge in [0.1, 0.15) is 0 Å². The van der Waals surface area contributed by atoms with Gasteiger partial charge in [-0.3, -0.25) is 9.59 Å². The Morgan fingerprint density at radius 1 is 0.833 bits per heavy atom. The first kappa shape index (κ1) is 27.0. The van der Waals surface area contributed by atoms with Gasteiger partial charge in [-0.1, -0.05) is 91.9 Å². The van der Waals surface area contributed by atoms with E-state index in [-0.39, 0.29) is 11.8 Å². The molecule has 2 N–H and O–H groups in total. The Bertz CT molecular complexity index is 499. The smallest absolute Gasteiger partial charge is 0.309 e. The van der Waals surface area contributed by atoms with E-state index in [1.807, 2.05) is 0 Å². The Morgan fingerprint density at radius 3 is 1.90 bits per heavy atom. The van der Waals surface area contributed by atoms with E-state index in [2.05, 4.69) is 27.7 Å². The van der Waals surface area contributed by atoms with Gasteiger partial charge < -0.3 is 10.2 Å². The molecule has 176 valence electrons. The standard InChI is InChI=1S/C26H48O4/c1-20(2)13-10-8-6-5-7-9-11-15-23-19-22(24(27)28)16-18-26(23,25(29)30)17-12-14-21(3)4/h20-23H,5-19H2,1-4H3,(H,27,28)(H,29,30). The van der Waals surface area contributed by atoms with Crippen molar-refractivity contribution in [2.45, 2.75) is 124 Å².